The second-order valence-electron chi connectivity index (χ2n) is 9.67. The highest BCUT2D eigenvalue weighted by Gasteiger charge is 2.45. The number of fused-ring (bicyclic) bond motifs is 3. The van der Waals surface area contributed by atoms with E-state index in [2.05, 4.69) is 0 Å². The van der Waals surface area contributed by atoms with Gasteiger partial charge in [0.25, 0.3) is 5.91 Å². The van der Waals surface area contributed by atoms with E-state index in [0.29, 0.717) is 47.1 Å². The maximum absolute atomic E-state index is 14.0. The molecule has 0 saturated heterocycles. The molecule has 3 aliphatic rings. The second-order valence-corrected chi connectivity index (χ2v) is 9.67. The van der Waals surface area contributed by atoms with Crippen molar-refractivity contribution in [3.05, 3.63) is 88.5 Å². The quantitative estimate of drug-likeness (QED) is 0.577. The van der Waals surface area contributed by atoms with E-state index >= 15 is 0 Å². The first kappa shape index (κ1) is 22.6. The van der Waals surface area contributed by atoms with E-state index in [9.17, 15) is 19.8 Å². The highest BCUT2D eigenvalue weighted by Crippen LogP contribution is 2.47. The van der Waals surface area contributed by atoms with Crippen LogP contribution in [0.2, 0.25) is 0 Å². The Hall–Kier alpha value is -3.84. The first-order chi connectivity index (χ1) is 17.5. The van der Waals surface area contributed by atoms with E-state index < -0.39 is 17.9 Å². The molecule has 3 atom stereocenters. The number of ether oxygens (including phenoxy) is 2. The average Bonchev–Trinajstić information content (AvgIpc) is 2.92. The maximum atomic E-state index is 14.0. The number of carboxylic acid groups (broad SMARTS) is 1. The van der Waals surface area contributed by atoms with Gasteiger partial charge in [-0.3, -0.25) is 14.5 Å². The van der Waals surface area contributed by atoms with E-state index in [0.717, 1.165) is 24.8 Å². The number of anilines is 1. The normalized spacial score (nSPS) is 22.5. The van der Waals surface area contributed by atoms with Gasteiger partial charge >= 0.3 is 5.97 Å². The molecular weight excluding hydrogens is 458 g/mol. The Bertz CT molecular complexity index is 1350. The smallest absolute Gasteiger partial charge is 0.313 e. The zero-order valence-corrected chi connectivity index (χ0v) is 19.7. The molecule has 2 aliphatic heterocycles. The fraction of sp³-hybridized carbons (Fsp3) is 0.310. The van der Waals surface area contributed by atoms with Crippen LogP contribution < -0.4 is 14.4 Å². The highest BCUT2D eigenvalue weighted by molar-refractivity contribution is 6.11. The minimum Gasteiger partial charge on any atom is -0.486 e. The van der Waals surface area contributed by atoms with Gasteiger partial charge in [0.15, 0.2) is 11.5 Å². The number of aryl methyl sites for hydroxylation is 1. The van der Waals surface area contributed by atoms with Gasteiger partial charge in [0.05, 0.1) is 6.04 Å². The average molecular weight is 486 g/mol. The first-order valence-corrected chi connectivity index (χ1v) is 12.3. The molecule has 2 heterocycles. The minimum atomic E-state index is -0.997. The molecule has 6 rings (SSSR count). The minimum absolute atomic E-state index is 0.162. The molecule has 36 heavy (non-hydrogen) atoms. The maximum Gasteiger partial charge on any atom is 0.313 e. The lowest BCUT2D eigenvalue weighted by Gasteiger charge is -2.41. The highest BCUT2D eigenvalue weighted by atomic mass is 16.6. The summed E-state index contributed by atoms with van der Waals surface area (Å²) >= 11 is 0. The fourth-order valence-corrected chi connectivity index (χ4v) is 5.79. The first-order valence-electron chi connectivity index (χ1n) is 12.3. The van der Waals surface area contributed by atoms with Gasteiger partial charge in [0.1, 0.15) is 19.1 Å². The Morgan fingerprint density at radius 3 is 2.58 bits per heavy atom. The van der Waals surface area contributed by atoms with Gasteiger partial charge < -0.3 is 19.7 Å². The van der Waals surface area contributed by atoms with Crippen LogP contribution in [-0.4, -0.2) is 41.9 Å². The predicted octanol–water partition coefficient (Wildman–Crippen LogP) is 4.12. The van der Waals surface area contributed by atoms with Crippen LogP contribution in [-0.2, 0) is 17.6 Å². The zero-order chi connectivity index (χ0) is 24.8. The van der Waals surface area contributed by atoms with Crippen molar-refractivity contribution in [2.24, 2.45) is 5.92 Å². The van der Waals surface area contributed by atoms with E-state index in [1.807, 2.05) is 24.3 Å². The molecule has 0 spiro atoms. The van der Waals surface area contributed by atoms with E-state index in [1.54, 1.807) is 41.3 Å². The van der Waals surface area contributed by atoms with Crippen molar-refractivity contribution in [2.45, 2.75) is 31.2 Å². The third-order valence-electron chi connectivity index (χ3n) is 7.57. The fourth-order valence-electron chi connectivity index (χ4n) is 5.79. The molecule has 0 bridgehead atoms. The SMILES string of the molecule is O=C(O)C1c2ccccc2C(=O)N(c2ccc3c(c2)CC[C@H](CO)C3)C1c1ccc2c(c1)OCCO2. The van der Waals surface area contributed by atoms with Gasteiger partial charge in [-0.25, -0.2) is 0 Å². The molecule has 1 amide bonds. The summed E-state index contributed by atoms with van der Waals surface area (Å²) in [5.74, 6) is -0.784. The number of hydrogen-bond donors (Lipinski definition) is 2. The van der Waals surface area contributed by atoms with Gasteiger partial charge in [0.2, 0.25) is 0 Å². The van der Waals surface area contributed by atoms with Gasteiger partial charge in [-0.15, -0.1) is 0 Å². The molecule has 7 heteroatoms. The summed E-state index contributed by atoms with van der Waals surface area (Å²) in [6.07, 6.45) is 2.49. The van der Waals surface area contributed by atoms with Crippen molar-refractivity contribution >= 4 is 17.6 Å². The van der Waals surface area contributed by atoms with Crippen molar-refractivity contribution in [1.29, 1.82) is 0 Å². The lowest BCUT2D eigenvalue weighted by Crippen LogP contribution is -2.45. The Balaban J connectivity index is 1.51. The van der Waals surface area contributed by atoms with Crippen LogP contribution in [0.1, 0.15) is 51.0 Å². The van der Waals surface area contributed by atoms with Crippen LogP contribution in [0, 0.1) is 5.92 Å². The number of hydrogen-bond acceptors (Lipinski definition) is 5. The summed E-state index contributed by atoms with van der Waals surface area (Å²) in [5, 5.41) is 20.0. The second kappa shape index (κ2) is 8.99. The molecule has 2 unspecified atom stereocenters. The number of carbonyl (C=O) groups is 2. The molecule has 3 aromatic rings. The largest absolute Gasteiger partial charge is 0.486 e. The summed E-state index contributed by atoms with van der Waals surface area (Å²) in [7, 11) is 0. The summed E-state index contributed by atoms with van der Waals surface area (Å²) in [5.41, 5.74) is 4.55. The number of amides is 1. The van der Waals surface area contributed by atoms with Crippen LogP contribution in [0.5, 0.6) is 11.5 Å². The Labute approximate surface area is 208 Å². The number of carboxylic acids is 1. The number of aliphatic hydroxyl groups is 1. The van der Waals surface area contributed by atoms with Crippen molar-refractivity contribution in [3.8, 4) is 11.5 Å². The van der Waals surface area contributed by atoms with Gasteiger partial charge in [-0.05, 0) is 77.8 Å². The van der Waals surface area contributed by atoms with Crippen LogP contribution >= 0.6 is 0 Å². The lowest BCUT2D eigenvalue weighted by atomic mass is 9.79. The Morgan fingerprint density at radius 2 is 1.78 bits per heavy atom. The van der Waals surface area contributed by atoms with Crippen molar-refractivity contribution in [1.82, 2.24) is 0 Å². The molecule has 7 nitrogen and oxygen atoms in total. The monoisotopic (exact) mass is 485 g/mol. The molecule has 0 aromatic heterocycles. The molecule has 3 aromatic carbocycles. The van der Waals surface area contributed by atoms with Crippen molar-refractivity contribution in [3.63, 3.8) is 0 Å². The summed E-state index contributed by atoms with van der Waals surface area (Å²) < 4.78 is 11.5. The Kier molecular flexibility index (Phi) is 5.64. The summed E-state index contributed by atoms with van der Waals surface area (Å²) in [4.78, 5) is 28.4. The van der Waals surface area contributed by atoms with Crippen molar-refractivity contribution in [2.75, 3.05) is 24.7 Å². The lowest BCUT2D eigenvalue weighted by molar-refractivity contribution is -0.139. The summed E-state index contributed by atoms with van der Waals surface area (Å²) in [6, 6.07) is 17.5. The van der Waals surface area contributed by atoms with Crippen LogP contribution in [0.25, 0.3) is 0 Å². The van der Waals surface area contributed by atoms with Crippen LogP contribution in [0.4, 0.5) is 5.69 Å². The number of aliphatic hydroxyl groups excluding tert-OH is 1. The summed E-state index contributed by atoms with van der Waals surface area (Å²) in [6.45, 7) is 1.03. The number of benzene rings is 3. The molecular formula is C29H27NO6. The van der Waals surface area contributed by atoms with E-state index in [-0.39, 0.29) is 18.4 Å². The number of aliphatic carboxylic acids is 1. The number of carbonyl (C=O) groups excluding carboxylic acids is 1. The van der Waals surface area contributed by atoms with E-state index in [4.69, 9.17) is 9.47 Å². The molecule has 1 aliphatic carbocycles. The molecule has 2 N–H and O–H groups in total. The third-order valence-corrected chi connectivity index (χ3v) is 7.57. The van der Waals surface area contributed by atoms with Crippen LogP contribution in [0.3, 0.4) is 0 Å². The topological polar surface area (TPSA) is 96.3 Å². The van der Waals surface area contributed by atoms with E-state index in [1.165, 1.54) is 5.56 Å². The van der Waals surface area contributed by atoms with Crippen molar-refractivity contribution < 1.29 is 29.3 Å². The van der Waals surface area contributed by atoms with Gasteiger partial charge in [-0.2, -0.15) is 0 Å². The number of nitrogens with zero attached hydrogens (tertiary/aromatic N) is 1. The Morgan fingerprint density at radius 1 is 0.972 bits per heavy atom. The molecule has 0 fully saturated rings. The number of rotatable bonds is 4. The molecule has 0 radical (unpaired) electrons. The third kappa shape index (κ3) is 3.71. The van der Waals surface area contributed by atoms with Crippen LogP contribution in [0.15, 0.2) is 60.7 Å². The molecule has 184 valence electrons. The van der Waals surface area contributed by atoms with Gasteiger partial charge in [-0.1, -0.05) is 30.3 Å². The predicted molar refractivity (Wildman–Crippen MR) is 133 cm³/mol. The van der Waals surface area contributed by atoms with Gasteiger partial charge in [0, 0.05) is 17.9 Å². The standard InChI is InChI=1S/C29H27NO6/c31-16-17-5-6-19-14-21(9-7-18(19)13-17)30-27(20-8-10-24-25(15-20)36-12-11-35-24)26(29(33)34)22-3-1-2-4-23(22)28(30)32/h1-4,7-10,14-15,17,26-27,31H,5-6,11-13,16H2,(H,33,34)/t17-,26?,27?/m0/s1. The molecule has 0 saturated carbocycles. The zero-order valence-electron chi connectivity index (χ0n) is 19.7.